The van der Waals surface area contributed by atoms with Crippen molar-refractivity contribution in [3.8, 4) is 0 Å². The van der Waals surface area contributed by atoms with Crippen molar-refractivity contribution in [2.75, 3.05) is 7.05 Å². The molecule has 2 heteroatoms. The van der Waals surface area contributed by atoms with Crippen molar-refractivity contribution in [1.82, 2.24) is 5.32 Å². The number of rotatable bonds is 1. The Hall–Kier alpha value is -1.31. The van der Waals surface area contributed by atoms with Crippen LogP contribution in [-0.4, -0.2) is 13.0 Å². The fourth-order valence-corrected chi connectivity index (χ4v) is 0.788. The summed E-state index contributed by atoms with van der Waals surface area (Å²) in [6, 6.07) is 8.29. The Morgan fingerprint density at radius 1 is 1.55 bits per heavy atom. The molecule has 0 saturated heterocycles. The predicted octanol–water partition coefficient (Wildman–Crippen LogP) is 1.15. The number of amides is 1. The van der Waals surface area contributed by atoms with E-state index in [-0.39, 0.29) is 5.91 Å². The molecule has 0 aromatic heterocycles. The summed E-state index contributed by atoms with van der Waals surface area (Å²) in [6.07, 6.45) is 0. The Morgan fingerprint density at radius 2 is 2.27 bits per heavy atom. The molecule has 1 aromatic carbocycles. The molecule has 0 heterocycles. The van der Waals surface area contributed by atoms with Crippen LogP contribution in [0.15, 0.2) is 18.2 Å². The number of carbonyl (C=O) groups excluding carboxylic acids is 1. The van der Waals surface area contributed by atoms with Crippen LogP contribution in [0, 0.1) is 13.0 Å². The van der Waals surface area contributed by atoms with Gasteiger partial charge in [-0.05, 0) is 30.7 Å². The zero-order valence-corrected chi connectivity index (χ0v) is 6.64. The second-order valence-electron chi connectivity index (χ2n) is 2.34. The topological polar surface area (TPSA) is 29.1 Å². The molecule has 0 unspecified atom stereocenters. The largest absolute Gasteiger partial charge is 0.355 e. The van der Waals surface area contributed by atoms with Gasteiger partial charge in [-0.3, -0.25) is 4.79 Å². The van der Waals surface area contributed by atoms with Crippen molar-refractivity contribution in [3.63, 3.8) is 0 Å². The van der Waals surface area contributed by atoms with E-state index >= 15 is 0 Å². The maximum atomic E-state index is 11.0. The quantitative estimate of drug-likeness (QED) is 0.636. The molecule has 1 radical (unpaired) electrons. The lowest BCUT2D eigenvalue weighted by atomic mass is 10.1. The zero-order chi connectivity index (χ0) is 8.27. The Labute approximate surface area is 66.2 Å². The summed E-state index contributed by atoms with van der Waals surface area (Å²) in [5, 5.41) is 2.54. The van der Waals surface area contributed by atoms with E-state index in [9.17, 15) is 4.79 Å². The molecule has 0 aliphatic heterocycles. The van der Waals surface area contributed by atoms with Gasteiger partial charge in [-0.25, -0.2) is 0 Å². The van der Waals surface area contributed by atoms with Crippen molar-refractivity contribution in [3.05, 3.63) is 35.4 Å². The van der Waals surface area contributed by atoms with E-state index in [0.29, 0.717) is 5.56 Å². The molecule has 0 saturated carbocycles. The highest BCUT2D eigenvalue weighted by Crippen LogP contribution is 2.01. The lowest BCUT2D eigenvalue weighted by Gasteiger charge is -1.98. The van der Waals surface area contributed by atoms with Gasteiger partial charge in [0.25, 0.3) is 5.91 Å². The van der Waals surface area contributed by atoms with Crippen LogP contribution in [-0.2, 0) is 0 Å². The van der Waals surface area contributed by atoms with Crippen LogP contribution in [0.25, 0.3) is 0 Å². The summed E-state index contributed by atoms with van der Waals surface area (Å²) in [6.45, 7) is 1.94. The molecule has 0 spiro atoms. The lowest BCUT2D eigenvalue weighted by Crippen LogP contribution is -2.17. The van der Waals surface area contributed by atoms with E-state index in [2.05, 4.69) is 11.4 Å². The summed E-state index contributed by atoms with van der Waals surface area (Å²) < 4.78 is 0. The molecule has 0 bridgehead atoms. The molecule has 0 aliphatic rings. The highest BCUT2D eigenvalue weighted by Gasteiger charge is 1.99. The molecule has 0 aliphatic carbocycles. The minimum absolute atomic E-state index is 0.0683. The van der Waals surface area contributed by atoms with E-state index in [1.165, 1.54) is 0 Å². The molecular weight excluding hydrogens is 138 g/mol. The molecule has 1 N–H and O–H groups in total. The second kappa shape index (κ2) is 3.19. The summed E-state index contributed by atoms with van der Waals surface area (Å²) in [7, 11) is 1.61. The van der Waals surface area contributed by atoms with Crippen molar-refractivity contribution in [1.29, 1.82) is 0 Å². The molecule has 1 aromatic rings. The van der Waals surface area contributed by atoms with Crippen molar-refractivity contribution in [2.45, 2.75) is 6.92 Å². The summed E-state index contributed by atoms with van der Waals surface area (Å²) >= 11 is 0. The molecular formula is C9H10NO. The normalized spacial score (nSPS) is 9.27. The first kappa shape index (κ1) is 7.79. The Morgan fingerprint density at radius 3 is 2.73 bits per heavy atom. The average Bonchev–Trinajstić information content (AvgIpc) is 2.05. The minimum atomic E-state index is -0.0683. The maximum absolute atomic E-state index is 11.0. The molecule has 11 heavy (non-hydrogen) atoms. The number of hydrogen-bond donors (Lipinski definition) is 1. The number of carbonyl (C=O) groups is 1. The van der Waals surface area contributed by atoms with Gasteiger partial charge in [0.15, 0.2) is 0 Å². The first-order chi connectivity index (χ1) is 5.24. The summed E-state index contributed by atoms with van der Waals surface area (Å²) in [5.74, 6) is -0.0683. The molecule has 57 valence electrons. The van der Waals surface area contributed by atoms with Gasteiger partial charge >= 0.3 is 0 Å². The monoisotopic (exact) mass is 148 g/mol. The van der Waals surface area contributed by atoms with Gasteiger partial charge < -0.3 is 5.32 Å². The molecule has 0 atom stereocenters. The van der Waals surface area contributed by atoms with Crippen LogP contribution >= 0.6 is 0 Å². The van der Waals surface area contributed by atoms with Crippen molar-refractivity contribution in [2.24, 2.45) is 0 Å². The average molecular weight is 148 g/mol. The van der Waals surface area contributed by atoms with Crippen LogP contribution < -0.4 is 5.32 Å². The van der Waals surface area contributed by atoms with Crippen molar-refractivity contribution >= 4 is 5.91 Å². The van der Waals surface area contributed by atoms with Gasteiger partial charge in [0.1, 0.15) is 0 Å². The predicted molar refractivity (Wildman–Crippen MR) is 43.4 cm³/mol. The molecule has 1 amide bonds. The highest BCUT2D eigenvalue weighted by atomic mass is 16.1. The summed E-state index contributed by atoms with van der Waals surface area (Å²) in [4.78, 5) is 11.0. The van der Waals surface area contributed by atoms with Crippen LogP contribution in [0.1, 0.15) is 15.9 Å². The van der Waals surface area contributed by atoms with Crippen LogP contribution in [0.3, 0.4) is 0 Å². The maximum Gasteiger partial charge on any atom is 0.251 e. The molecule has 2 nitrogen and oxygen atoms in total. The van der Waals surface area contributed by atoms with Crippen LogP contribution in [0.5, 0.6) is 0 Å². The SMILES string of the molecule is CNC(=O)c1c[c]c(C)cc1. The van der Waals surface area contributed by atoms with E-state index in [1.807, 2.05) is 13.0 Å². The fourth-order valence-electron chi connectivity index (χ4n) is 0.788. The Kier molecular flexibility index (Phi) is 2.26. The van der Waals surface area contributed by atoms with E-state index in [0.717, 1.165) is 5.56 Å². The van der Waals surface area contributed by atoms with E-state index in [1.54, 1.807) is 19.2 Å². The summed E-state index contributed by atoms with van der Waals surface area (Å²) in [5.41, 5.74) is 1.69. The van der Waals surface area contributed by atoms with E-state index in [4.69, 9.17) is 0 Å². The zero-order valence-electron chi connectivity index (χ0n) is 6.64. The van der Waals surface area contributed by atoms with Crippen LogP contribution in [0.2, 0.25) is 0 Å². The third kappa shape index (κ3) is 1.80. The van der Waals surface area contributed by atoms with E-state index < -0.39 is 0 Å². The van der Waals surface area contributed by atoms with Gasteiger partial charge in [0.05, 0.1) is 0 Å². The smallest absolute Gasteiger partial charge is 0.251 e. The first-order valence-electron chi connectivity index (χ1n) is 3.44. The fraction of sp³-hybridized carbons (Fsp3) is 0.222. The van der Waals surface area contributed by atoms with Crippen molar-refractivity contribution < 1.29 is 4.79 Å². The Bertz CT molecular complexity index is 251. The van der Waals surface area contributed by atoms with Gasteiger partial charge in [-0.2, -0.15) is 0 Å². The molecule has 0 fully saturated rings. The number of benzene rings is 1. The van der Waals surface area contributed by atoms with Gasteiger partial charge in [0.2, 0.25) is 0 Å². The minimum Gasteiger partial charge on any atom is -0.355 e. The lowest BCUT2D eigenvalue weighted by molar-refractivity contribution is 0.0963. The second-order valence-corrected chi connectivity index (χ2v) is 2.34. The number of aryl methyl sites for hydroxylation is 1. The standard InChI is InChI=1S/C9H10NO/c1-7-3-5-8(6-4-7)9(11)10-2/h3,5-6H,1-2H3,(H,10,11). The third-order valence-electron chi connectivity index (χ3n) is 1.46. The Balaban J connectivity index is 2.90. The number of nitrogens with one attached hydrogen (secondary N) is 1. The van der Waals surface area contributed by atoms with Gasteiger partial charge in [-0.15, -0.1) is 0 Å². The highest BCUT2D eigenvalue weighted by molar-refractivity contribution is 5.93. The first-order valence-corrected chi connectivity index (χ1v) is 3.44. The van der Waals surface area contributed by atoms with Gasteiger partial charge in [-0.1, -0.05) is 6.07 Å². The molecule has 1 rings (SSSR count). The van der Waals surface area contributed by atoms with Crippen LogP contribution in [0.4, 0.5) is 0 Å². The van der Waals surface area contributed by atoms with Gasteiger partial charge in [0, 0.05) is 12.6 Å². The third-order valence-corrected chi connectivity index (χ3v) is 1.46. The number of hydrogen-bond acceptors (Lipinski definition) is 1.